The normalized spacial score (nSPS) is 23.9. The Kier molecular flexibility index (Phi) is 10.8. The average Bonchev–Trinajstić information content (AvgIpc) is 3.09. The summed E-state index contributed by atoms with van der Waals surface area (Å²) in [6.07, 6.45) is 7.68. The zero-order valence-electron chi connectivity index (χ0n) is 20.1. The third kappa shape index (κ3) is 7.75. The van der Waals surface area contributed by atoms with Crippen LogP contribution in [0.4, 0.5) is 4.79 Å². The highest BCUT2D eigenvalue weighted by Crippen LogP contribution is 2.33. The first kappa shape index (κ1) is 25.0. The van der Waals surface area contributed by atoms with Gasteiger partial charge in [-0.15, -0.1) is 0 Å². The first-order chi connectivity index (χ1) is 15.7. The zero-order valence-corrected chi connectivity index (χ0v) is 20.1. The van der Waals surface area contributed by atoms with Gasteiger partial charge in [0.15, 0.2) is 0 Å². The summed E-state index contributed by atoms with van der Waals surface area (Å²) in [5.74, 6) is 0.844. The zero-order chi connectivity index (χ0) is 22.6. The maximum atomic E-state index is 13.2. The predicted molar refractivity (Wildman–Crippen MR) is 129 cm³/mol. The fourth-order valence-corrected chi connectivity index (χ4v) is 5.10. The van der Waals surface area contributed by atoms with Crippen LogP contribution in [-0.2, 0) is 9.47 Å². The minimum absolute atomic E-state index is 0.0444. The molecule has 2 aliphatic heterocycles. The molecule has 6 nitrogen and oxygen atoms in total. The van der Waals surface area contributed by atoms with Gasteiger partial charge < -0.3 is 25.0 Å². The highest BCUT2D eigenvalue weighted by atomic mass is 16.5. The van der Waals surface area contributed by atoms with E-state index >= 15 is 0 Å². The molecule has 0 bridgehead atoms. The molecule has 0 saturated carbocycles. The van der Waals surface area contributed by atoms with Gasteiger partial charge >= 0.3 is 6.03 Å². The summed E-state index contributed by atoms with van der Waals surface area (Å²) < 4.78 is 12.1. The molecule has 0 aromatic heterocycles. The Balaban J connectivity index is 1.59. The molecule has 0 spiro atoms. The van der Waals surface area contributed by atoms with Crippen molar-refractivity contribution in [2.45, 2.75) is 64.0 Å². The first-order valence-corrected chi connectivity index (χ1v) is 12.7. The van der Waals surface area contributed by atoms with Gasteiger partial charge in [0.05, 0.1) is 6.10 Å². The molecule has 0 unspecified atom stereocenters. The van der Waals surface area contributed by atoms with Crippen molar-refractivity contribution in [2.75, 3.05) is 46.5 Å². The van der Waals surface area contributed by atoms with Gasteiger partial charge in [0, 0.05) is 51.4 Å². The molecule has 4 atom stereocenters. The Morgan fingerprint density at radius 2 is 2.06 bits per heavy atom. The molecule has 1 aromatic rings. The predicted octanol–water partition coefficient (Wildman–Crippen LogP) is 4.37. The smallest absolute Gasteiger partial charge is 0.317 e. The van der Waals surface area contributed by atoms with Crippen molar-refractivity contribution in [3.05, 3.63) is 35.9 Å². The monoisotopic (exact) mass is 445 g/mol. The number of hydrogen-bond acceptors (Lipinski definition) is 4. The number of carbonyl (C=O) groups is 1. The number of piperidine rings is 1. The second-order valence-corrected chi connectivity index (χ2v) is 9.43. The minimum atomic E-state index is 0.0444. The average molecular weight is 446 g/mol. The van der Waals surface area contributed by atoms with Crippen LogP contribution in [0.5, 0.6) is 0 Å². The molecular formula is C26H43N3O3. The summed E-state index contributed by atoms with van der Waals surface area (Å²) in [4.78, 5) is 15.2. The van der Waals surface area contributed by atoms with E-state index in [1.54, 1.807) is 0 Å². The molecule has 0 radical (unpaired) electrons. The third-order valence-electron chi connectivity index (χ3n) is 6.70. The molecule has 6 heteroatoms. The van der Waals surface area contributed by atoms with E-state index in [4.69, 9.17) is 9.47 Å². The first-order valence-electron chi connectivity index (χ1n) is 12.7. The van der Waals surface area contributed by atoms with E-state index in [0.29, 0.717) is 11.8 Å². The SMILES string of the molecule is CCCO[C@@H](c1ccccc1)[C@@H]1CCCN(C(=O)N[C@H](CNC)C[C@H]2CCCCOC2)C1. The van der Waals surface area contributed by atoms with Crippen molar-refractivity contribution >= 4 is 6.03 Å². The molecule has 0 aliphatic carbocycles. The Hall–Kier alpha value is -1.63. The molecule has 2 saturated heterocycles. The number of amides is 2. The molecule has 2 heterocycles. The van der Waals surface area contributed by atoms with E-state index in [-0.39, 0.29) is 18.2 Å². The molecule has 2 N–H and O–H groups in total. The van der Waals surface area contributed by atoms with E-state index in [9.17, 15) is 4.79 Å². The second kappa shape index (κ2) is 13.8. The van der Waals surface area contributed by atoms with Crippen LogP contribution in [0.25, 0.3) is 0 Å². The van der Waals surface area contributed by atoms with E-state index in [0.717, 1.165) is 71.6 Å². The number of urea groups is 1. The van der Waals surface area contributed by atoms with Gasteiger partial charge in [0.25, 0.3) is 0 Å². The van der Waals surface area contributed by atoms with Crippen LogP contribution in [0.3, 0.4) is 0 Å². The van der Waals surface area contributed by atoms with Crippen LogP contribution in [0.1, 0.15) is 63.5 Å². The molecule has 2 aliphatic rings. The Bertz CT molecular complexity index is 649. The lowest BCUT2D eigenvalue weighted by molar-refractivity contribution is -0.0100. The number of benzene rings is 1. The highest BCUT2D eigenvalue weighted by molar-refractivity contribution is 5.74. The van der Waals surface area contributed by atoms with Gasteiger partial charge in [-0.2, -0.15) is 0 Å². The summed E-state index contributed by atoms with van der Waals surface area (Å²) >= 11 is 0. The Morgan fingerprint density at radius 1 is 1.22 bits per heavy atom. The second-order valence-electron chi connectivity index (χ2n) is 9.43. The van der Waals surface area contributed by atoms with Crippen LogP contribution >= 0.6 is 0 Å². The van der Waals surface area contributed by atoms with Crippen molar-refractivity contribution in [2.24, 2.45) is 11.8 Å². The van der Waals surface area contributed by atoms with Gasteiger partial charge in [-0.05, 0) is 57.1 Å². The van der Waals surface area contributed by atoms with Crippen molar-refractivity contribution in [3.8, 4) is 0 Å². The molecule has 3 rings (SSSR count). The molecule has 2 amide bonds. The standard InChI is InChI=1S/C26H43N3O3/c1-3-15-32-25(22-11-5-4-6-12-22)23-13-9-14-29(19-23)26(30)28-24(18-27-2)17-21-10-7-8-16-31-20-21/h4-6,11-12,21,23-25,27H,3,7-10,13-20H2,1-2H3,(H,28,30)/t21-,23-,24+,25+/m1/s1. The van der Waals surface area contributed by atoms with Crippen LogP contribution in [-0.4, -0.2) is 63.5 Å². The van der Waals surface area contributed by atoms with E-state index in [1.807, 2.05) is 18.0 Å². The molecule has 2 fully saturated rings. The van der Waals surface area contributed by atoms with Crippen molar-refractivity contribution in [1.82, 2.24) is 15.5 Å². The number of ether oxygens (including phenoxy) is 2. The van der Waals surface area contributed by atoms with Gasteiger partial charge in [-0.25, -0.2) is 4.79 Å². The summed E-state index contributed by atoms with van der Waals surface area (Å²) in [5, 5.41) is 6.58. The number of rotatable bonds is 10. The van der Waals surface area contributed by atoms with E-state index in [1.165, 1.54) is 18.4 Å². The molecule has 180 valence electrons. The fraction of sp³-hybridized carbons (Fsp3) is 0.731. The number of nitrogens with one attached hydrogen (secondary N) is 2. The lowest BCUT2D eigenvalue weighted by atomic mass is 9.88. The fourth-order valence-electron chi connectivity index (χ4n) is 5.10. The molecule has 32 heavy (non-hydrogen) atoms. The number of likely N-dealkylation sites (N-methyl/N-ethyl adjacent to an activating group) is 1. The summed E-state index contributed by atoms with van der Waals surface area (Å²) in [7, 11) is 1.95. The summed E-state index contributed by atoms with van der Waals surface area (Å²) in [6, 6.07) is 10.7. The maximum Gasteiger partial charge on any atom is 0.317 e. The lowest BCUT2D eigenvalue weighted by Gasteiger charge is -2.38. The van der Waals surface area contributed by atoms with E-state index < -0.39 is 0 Å². The quantitative estimate of drug-likeness (QED) is 0.561. The summed E-state index contributed by atoms with van der Waals surface area (Å²) in [6.45, 7) is 6.92. The maximum absolute atomic E-state index is 13.2. The van der Waals surface area contributed by atoms with Gasteiger partial charge in [-0.1, -0.05) is 43.7 Å². The topological polar surface area (TPSA) is 62.8 Å². The largest absolute Gasteiger partial charge is 0.381 e. The lowest BCUT2D eigenvalue weighted by Crippen LogP contribution is -2.52. The highest BCUT2D eigenvalue weighted by Gasteiger charge is 2.32. The van der Waals surface area contributed by atoms with Gasteiger partial charge in [0.2, 0.25) is 0 Å². The van der Waals surface area contributed by atoms with Gasteiger partial charge in [-0.3, -0.25) is 0 Å². The van der Waals surface area contributed by atoms with Crippen molar-refractivity contribution < 1.29 is 14.3 Å². The van der Waals surface area contributed by atoms with Crippen LogP contribution in [0.2, 0.25) is 0 Å². The van der Waals surface area contributed by atoms with Crippen molar-refractivity contribution in [3.63, 3.8) is 0 Å². The molecule has 1 aromatic carbocycles. The number of hydrogen-bond donors (Lipinski definition) is 2. The van der Waals surface area contributed by atoms with Crippen LogP contribution < -0.4 is 10.6 Å². The van der Waals surface area contributed by atoms with E-state index in [2.05, 4.69) is 41.8 Å². The number of nitrogens with zero attached hydrogens (tertiary/aromatic N) is 1. The number of likely N-dealkylation sites (tertiary alicyclic amines) is 1. The Labute approximate surface area is 194 Å². The Morgan fingerprint density at radius 3 is 2.84 bits per heavy atom. The minimum Gasteiger partial charge on any atom is -0.381 e. The van der Waals surface area contributed by atoms with Crippen LogP contribution in [0.15, 0.2) is 30.3 Å². The van der Waals surface area contributed by atoms with Crippen LogP contribution in [0, 0.1) is 11.8 Å². The van der Waals surface area contributed by atoms with Crippen molar-refractivity contribution in [1.29, 1.82) is 0 Å². The number of carbonyl (C=O) groups excluding carboxylic acids is 1. The summed E-state index contributed by atoms with van der Waals surface area (Å²) in [5.41, 5.74) is 1.22. The third-order valence-corrected chi connectivity index (χ3v) is 6.70. The van der Waals surface area contributed by atoms with Gasteiger partial charge in [0.1, 0.15) is 0 Å². The molecular weight excluding hydrogens is 402 g/mol.